The minimum Gasteiger partial charge on any atom is -0.325 e. The molecule has 0 bridgehead atoms. The Morgan fingerprint density at radius 3 is 2.47 bits per heavy atom. The van der Waals surface area contributed by atoms with Crippen LogP contribution < -0.4 is 5.32 Å². The lowest BCUT2D eigenvalue weighted by molar-refractivity contribution is -0.113. The predicted octanol–water partition coefficient (Wildman–Crippen LogP) is 4.57. The van der Waals surface area contributed by atoms with Gasteiger partial charge in [0.2, 0.25) is 5.91 Å². The topological polar surface area (TPSA) is 89.8 Å². The van der Waals surface area contributed by atoms with Gasteiger partial charge in [0.25, 0.3) is 0 Å². The van der Waals surface area contributed by atoms with Gasteiger partial charge in [0, 0.05) is 29.2 Å². The summed E-state index contributed by atoms with van der Waals surface area (Å²) in [6, 6.07) is 18.6. The average molecular weight is 444 g/mol. The largest absolute Gasteiger partial charge is 0.325 e. The number of carbonyl (C=O) groups excluding carboxylic acids is 2. The van der Waals surface area contributed by atoms with Gasteiger partial charge in [0.05, 0.1) is 11.4 Å². The van der Waals surface area contributed by atoms with E-state index in [0.717, 1.165) is 16.8 Å². The van der Waals surface area contributed by atoms with E-state index >= 15 is 0 Å². The second-order valence-corrected chi connectivity index (χ2v) is 8.08. The molecule has 7 nitrogen and oxygen atoms in total. The molecular weight excluding hydrogens is 422 g/mol. The number of hydrogen-bond acceptors (Lipinski definition) is 6. The van der Waals surface area contributed by atoms with Crippen LogP contribution in [0, 0.1) is 6.92 Å². The Kier molecular flexibility index (Phi) is 6.42. The third-order valence-electron chi connectivity index (χ3n) is 4.82. The number of nitrogens with zero attached hydrogens (tertiary/aromatic N) is 4. The molecule has 0 aliphatic rings. The van der Waals surface area contributed by atoms with Crippen LogP contribution in [0.1, 0.15) is 22.8 Å². The fourth-order valence-electron chi connectivity index (χ4n) is 3.19. The number of aromatic nitrogens is 4. The molecule has 2 aromatic carbocycles. The normalized spacial score (nSPS) is 10.7. The smallest absolute Gasteiger partial charge is 0.234 e. The lowest BCUT2D eigenvalue weighted by Gasteiger charge is -2.12. The number of thioether (sulfide) groups is 1. The van der Waals surface area contributed by atoms with E-state index in [1.165, 1.54) is 18.7 Å². The molecule has 2 aromatic heterocycles. The van der Waals surface area contributed by atoms with Crippen molar-refractivity contribution in [1.82, 2.24) is 19.7 Å². The van der Waals surface area contributed by atoms with Crippen LogP contribution in [0.25, 0.3) is 17.1 Å². The van der Waals surface area contributed by atoms with Crippen LogP contribution in [-0.4, -0.2) is 37.2 Å². The van der Waals surface area contributed by atoms with E-state index in [-0.39, 0.29) is 17.4 Å². The Morgan fingerprint density at radius 1 is 1.00 bits per heavy atom. The molecule has 4 rings (SSSR count). The number of aryl methyl sites for hydroxylation is 1. The second-order valence-electron chi connectivity index (χ2n) is 7.14. The van der Waals surface area contributed by atoms with E-state index in [1.807, 2.05) is 47.9 Å². The van der Waals surface area contributed by atoms with Gasteiger partial charge >= 0.3 is 0 Å². The number of benzene rings is 2. The first-order valence-corrected chi connectivity index (χ1v) is 11.0. The monoisotopic (exact) mass is 443 g/mol. The van der Waals surface area contributed by atoms with E-state index in [4.69, 9.17) is 0 Å². The minimum atomic E-state index is -0.173. The first kappa shape index (κ1) is 21.5. The van der Waals surface area contributed by atoms with E-state index in [9.17, 15) is 9.59 Å². The molecule has 0 radical (unpaired) electrons. The third kappa shape index (κ3) is 4.76. The summed E-state index contributed by atoms with van der Waals surface area (Å²) in [6.45, 7) is 3.53. The number of nitrogens with one attached hydrogen (secondary N) is 1. The lowest BCUT2D eigenvalue weighted by Crippen LogP contribution is -2.14. The Balaban J connectivity index is 1.56. The zero-order valence-electron chi connectivity index (χ0n) is 17.6. The summed E-state index contributed by atoms with van der Waals surface area (Å²) in [5, 5.41) is 12.2. The molecule has 160 valence electrons. The van der Waals surface area contributed by atoms with Crippen LogP contribution in [0.15, 0.2) is 78.2 Å². The number of carbonyl (C=O) groups is 2. The van der Waals surface area contributed by atoms with E-state index in [0.29, 0.717) is 22.2 Å². The van der Waals surface area contributed by atoms with Crippen LogP contribution in [0.2, 0.25) is 0 Å². The minimum absolute atomic E-state index is 0.0154. The summed E-state index contributed by atoms with van der Waals surface area (Å²) in [4.78, 5) is 28.1. The molecule has 0 fully saturated rings. The average Bonchev–Trinajstić information content (AvgIpc) is 3.23. The molecule has 32 heavy (non-hydrogen) atoms. The molecule has 2 heterocycles. The number of para-hydroxylation sites is 1. The Bertz CT molecular complexity index is 1250. The fourth-order valence-corrected chi connectivity index (χ4v) is 3.94. The summed E-state index contributed by atoms with van der Waals surface area (Å²) >= 11 is 1.30. The molecule has 0 unspecified atom stereocenters. The zero-order valence-corrected chi connectivity index (χ0v) is 18.5. The van der Waals surface area contributed by atoms with Gasteiger partial charge in [-0.2, -0.15) is 0 Å². The van der Waals surface area contributed by atoms with Crippen molar-refractivity contribution in [2.24, 2.45) is 0 Å². The molecule has 1 N–H and O–H groups in total. The summed E-state index contributed by atoms with van der Waals surface area (Å²) in [5.41, 5.74) is 4.09. The van der Waals surface area contributed by atoms with Gasteiger partial charge in [0.1, 0.15) is 0 Å². The number of hydrogen-bond donors (Lipinski definition) is 1. The van der Waals surface area contributed by atoms with Crippen LogP contribution in [0.3, 0.4) is 0 Å². The molecule has 0 aliphatic heterocycles. The van der Waals surface area contributed by atoms with Gasteiger partial charge in [-0.05, 0) is 61.9 Å². The summed E-state index contributed by atoms with van der Waals surface area (Å²) in [7, 11) is 0. The van der Waals surface area contributed by atoms with Crippen molar-refractivity contribution in [2.75, 3.05) is 11.1 Å². The summed E-state index contributed by atoms with van der Waals surface area (Å²) < 4.78 is 1.95. The van der Waals surface area contributed by atoms with Gasteiger partial charge < -0.3 is 5.32 Å². The van der Waals surface area contributed by atoms with Crippen molar-refractivity contribution in [3.05, 3.63) is 84.2 Å². The van der Waals surface area contributed by atoms with Crippen LogP contribution in [0.5, 0.6) is 0 Å². The van der Waals surface area contributed by atoms with Crippen molar-refractivity contribution in [3.8, 4) is 17.1 Å². The van der Waals surface area contributed by atoms with Crippen molar-refractivity contribution >= 4 is 29.1 Å². The maximum atomic E-state index is 12.5. The number of anilines is 1. The second kappa shape index (κ2) is 9.57. The van der Waals surface area contributed by atoms with Crippen LogP contribution >= 0.6 is 11.8 Å². The van der Waals surface area contributed by atoms with E-state index < -0.39 is 0 Å². The number of Topliss-reactive ketones (excluding diaryl/α,β-unsaturated/α-hetero) is 1. The molecule has 0 aliphatic carbocycles. The molecule has 0 saturated heterocycles. The quantitative estimate of drug-likeness (QED) is 0.332. The van der Waals surface area contributed by atoms with Gasteiger partial charge in [-0.25, -0.2) is 0 Å². The molecule has 0 atom stereocenters. The van der Waals surface area contributed by atoms with Crippen molar-refractivity contribution in [2.45, 2.75) is 19.0 Å². The number of rotatable bonds is 7. The summed E-state index contributed by atoms with van der Waals surface area (Å²) in [6.07, 6.45) is 3.45. The van der Waals surface area contributed by atoms with Crippen molar-refractivity contribution < 1.29 is 9.59 Å². The van der Waals surface area contributed by atoms with Crippen molar-refractivity contribution in [1.29, 1.82) is 0 Å². The Labute approximate surface area is 189 Å². The Hall–Kier alpha value is -3.78. The lowest BCUT2D eigenvalue weighted by atomic mass is 10.1. The van der Waals surface area contributed by atoms with Gasteiger partial charge in [-0.3, -0.25) is 19.1 Å². The van der Waals surface area contributed by atoms with Crippen LogP contribution in [0.4, 0.5) is 5.69 Å². The first-order chi connectivity index (χ1) is 15.5. The fraction of sp³-hybridized carbons (Fsp3) is 0.125. The number of amides is 1. The summed E-state index contributed by atoms with van der Waals surface area (Å²) in [5.74, 6) is 0.632. The maximum Gasteiger partial charge on any atom is 0.234 e. The molecular formula is C24H21N5O2S. The third-order valence-corrected chi connectivity index (χ3v) is 5.75. The number of pyridine rings is 1. The maximum absolute atomic E-state index is 12.5. The standard InChI is InChI=1S/C24H21N5O2S/c1-16-6-3-4-8-21(16)29-23(19-7-5-13-25-14-19)27-28-24(29)32-15-22(31)26-20-11-9-18(10-12-20)17(2)30/h3-14H,15H2,1-2H3,(H,26,31). The Morgan fingerprint density at radius 2 is 1.78 bits per heavy atom. The molecule has 0 spiro atoms. The molecule has 1 amide bonds. The first-order valence-electron chi connectivity index (χ1n) is 9.98. The zero-order chi connectivity index (χ0) is 22.5. The molecule has 0 saturated carbocycles. The van der Waals surface area contributed by atoms with Crippen molar-refractivity contribution in [3.63, 3.8) is 0 Å². The van der Waals surface area contributed by atoms with E-state index in [1.54, 1.807) is 36.7 Å². The number of ketones is 1. The predicted molar refractivity (Wildman–Crippen MR) is 125 cm³/mol. The molecule has 4 aromatic rings. The van der Waals surface area contributed by atoms with Gasteiger partial charge in [0.15, 0.2) is 16.8 Å². The SMILES string of the molecule is CC(=O)c1ccc(NC(=O)CSc2nnc(-c3cccnc3)n2-c2ccccc2C)cc1. The highest BCUT2D eigenvalue weighted by molar-refractivity contribution is 7.99. The van der Waals surface area contributed by atoms with Gasteiger partial charge in [-0.1, -0.05) is 30.0 Å². The highest BCUT2D eigenvalue weighted by Gasteiger charge is 2.18. The highest BCUT2D eigenvalue weighted by Crippen LogP contribution is 2.29. The van der Waals surface area contributed by atoms with Gasteiger partial charge in [-0.15, -0.1) is 10.2 Å². The van der Waals surface area contributed by atoms with Crippen LogP contribution in [-0.2, 0) is 4.79 Å². The molecule has 8 heteroatoms. The highest BCUT2D eigenvalue weighted by atomic mass is 32.2. The van der Waals surface area contributed by atoms with E-state index in [2.05, 4.69) is 20.5 Å².